The smallest absolute Gasteiger partial charge is 0.123 e. The van der Waals surface area contributed by atoms with E-state index in [1.54, 1.807) is 6.07 Å². The summed E-state index contributed by atoms with van der Waals surface area (Å²) in [7, 11) is 1.96. The van der Waals surface area contributed by atoms with Gasteiger partial charge in [-0.1, -0.05) is 29.8 Å². The molecule has 4 heteroatoms. The van der Waals surface area contributed by atoms with Crippen LogP contribution < -0.4 is 10.6 Å². The Bertz CT molecular complexity index is 601. The van der Waals surface area contributed by atoms with Crippen LogP contribution in [0.1, 0.15) is 24.1 Å². The van der Waals surface area contributed by atoms with Crippen molar-refractivity contribution in [2.45, 2.75) is 19.5 Å². The lowest BCUT2D eigenvalue weighted by Crippen LogP contribution is -2.23. The van der Waals surface area contributed by atoms with Crippen LogP contribution in [0.25, 0.3) is 0 Å². The summed E-state index contributed by atoms with van der Waals surface area (Å²) in [6.45, 7) is 2.36. The fourth-order valence-electron chi connectivity index (χ4n) is 2.29. The molecule has 2 aromatic carbocycles. The fourth-order valence-corrected chi connectivity index (χ4v) is 2.59. The number of nitrogens with zero attached hydrogens (tertiary/aromatic N) is 1. The van der Waals surface area contributed by atoms with Crippen LogP contribution in [0.3, 0.4) is 0 Å². The summed E-state index contributed by atoms with van der Waals surface area (Å²) < 4.78 is 13.3. The van der Waals surface area contributed by atoms with Gasteiger partial charge in [0, 0.05) is 24.3 Å². The highest BCUT2D eigenvalue weighted by molar-refractivity contribution is 6.31. The van der Waals surface area contributed by atoms with Gasteiger partial charge in [-0.3, -0.25) is 0 Å². The summed E-state index contributed by atoms with van der Waals surface area (Å²) in [6, 6.07) is 12.5. The summed E-state index contributed by atoms with van der Waals surface area (Å²) in [5.41, 5.74) is 8.44. The number of nitrogens with two attached hydrogens (primary N) is 1. The zero-order chi connectivity index (χ0) is 14.7. The first-order chi connectivity index (χ1) is 9.54. The van der Waals surface area contributed by atoms with Crippen molar-refractivity contribution in [1.29, 1.82) is 0 Å². The zero-order valence-electron chi connectivity index (χ0n) is 11.6. The average Bonchev–Trinajstić information content (AvgIpc) is 2.46. The van der Waals surface area contributed by atoms with E-state index in [1.807, 2.05) is 31.3 Å². The molecule has 0 saturated carbocycles. The largest absolute Gasteiger partial charge is 0.368 e. The molecule has 20 heavy (non-hydrogen) atoms. The molecule has 0 heterocycles. The number of rotatable bonds is 4. The van der Waals surface area contributed by atoms with Gasteiger partial charge in [0.1, 0.15) is 5.82 Å². The first kappa shape index (κ1) is 14.8. The minimum Gasteiger partial charge on any atom is -0.368 e. The van der Waals surface area contributed by atoms with Crippen molar-refractivity contribution in [2.75, 3.05) is 11.9 Å². The molecule has 106 valence electrons. The van der Waals surface area contributed by atoms with Gasteiger partial charge in [0.15, 0.2) is 0 Å². The Balaban J connectivity index is 2.36. The molecule has 0 fully saturated rings. The molecule has 0 amide bonds. The molecule has 0 saturated heterocycles. The lowest BCUT2D eigenvalue weighted by molar-refractivity contribution is 0.624. The predicted octanol–water partition coefficient (Wildman–Crippen LogP) is 4.14. The van der Waals surface area contributed by atoms with E-state index in [4.69, 9.17) is 17.3 Å². The minimum absolute atomic E-state index is 0.0689. The Morgan fingerprint density at radius 1 is 1.25 bits per heavy atom. The van der Waals surface area contributed by atoms with E-state index in [0.29, 0.717) is 6.54 Å². The standard InChI is InChI=1S/C16H18ClFN2/c1-11(14-5-3-4-6-15(14)17)20(2)16-8-7-13(18)9-12(16)10-19/h3-9,11H,10,19H2,1-2H3. The molecular weight excluding hydrogens is 275 g/mol. The number of hydrogen-bond acceptors (Lipinski definition) is 2. The maximum atomic E-state index is 13.3. The van der Waals surface area contributed by atoms with E-state index in [9.17, 15) is 4.39 Å². The third-order valence-electron chi connectivity index (χ3n) is 3.58. The Morgan fingerprint density at radius 3 is 2.60 bits per heavy atom. The molecule has 0 aliphatic carbocycles. The van der Waals surface area contributed by atoms with Crippen molar-refractivity contribution in [3.05, 3.63) is 64.4 Å². The second kappa shape index (κ2) is 6.25. The van der Waals surface area contributed by atoms with Gasteiger partial charge in [0.05, 0.1) is 6.04 Å². The van der Waals surface area contributed by atoms with Gasteiger partial charge in [-0.05, 0) is 42.3 Å². The first-order valence-electron chi connectivity index (χ1n) is 6.50. The molecule has 0 radical (unpaired) electrons. The molecular formula is C16H18ClFN2. The van der Waals surface area contributed by atoms with Gasteiger partial charge in [-0.15, -0.1) is 0 Å². The van der Waals surface area contributed by atoms with Crippen molar-refractivity contribution >= 4 is 17.3 Å². The zero-order valence-corrected chi connectivity index (χ0v) is 12.4. The molecule has 0 spiro atoms. The van der Waals surface area contributed by atoms with Crippen molar-refractivity contribution in [3.63, 3.8) is 0 Å². The van der Waals surface area contributed by atoms with E-state index in [2.05, 4.69) is 11.8 Å². The third kappa shape index (κ3) is 2.94. The second-order valence-corrected chi connectivity index (χ2v) is 5.19. The maximum Gasteiger partial charge on any atom is 0.123 e. The van der Waals surface area contributed by atoms with E-state index in [-0.39, 0.29) is 11.9 Å². The van der Waals surface area contributed by atoms with Crippen LogP contribution in [-0.2, 0) is 6.54 Å². The predicted molar refractivity (Wildman–Crippen MR) is 82.6 cm³/mol. The first-order valence-corrected chi connectivity index (χ1v) is 6.88. The molecule has 0 aliphatic heterocycles. The molecule has 1 atom stereocenters. The molecule has 2 aromatic rings. The molecule has 2 rings (SSSR count). The SMILES string of the molecule is CC(c1ccccc1Cl)N(C)c1ccc(F)cc1CN. The van der Waals surface area contributed by atoms with Crippen molar-refractivity contribution in [3.8, 4) is 0 Å². The fraction of sp³-hybridized carbons (Fsp3) is 0.250. The molecule has 1 unspecified atom stereocenters. The summed E-state index contributed by atoms with van der Waals surface area (Å²) in [6.07, 6.45) is 0. The quantitative estimate of drug-likeness (QED) is 0.918. The Kier molecular flexibility index (Phi) is 4.63. The second-order valence-electron chi connectivity index (χ2n) is 4.79. The van der Waals surface area contributed by atoms with Crippen molar-refractivity contribution in [1.82, 2.24) is 0 Å². The van der Waals surface area contributed by atoms with Gasteiger partial charge in [0.2, 0.25) is 0 Å². The van der Waals surface area contributed by atoms with E-state index in [1.165, 1.54) is 12.1 Å². The van der Waals surface area contributed by atoms with Gasteiger partial charge < -0.3 is 10.6 Å². The molecule has 2 nitrogen and oxygen atoms in total. The maximum absolute atomic E-state index is 13.3. The van der Waals surface area contributed by atoms with Gasteiger partial charge in [-0.25, -0.2) is 4.39 Å². The molecule has 2 N–H and O–H groups in total. The normalized spacial score (nSPS) is 12.2. The topological polar surface area (TPSA) is 29.3 Å². The van der Waals surface area contributed by atoms with Gasteiger partial charge in [-0.2, -0.15) is 0 Å². The van der Waals surface area contributed by atoms with Crippen LogP contribution in [-0.4, -0.2) is 7.05 Å². The van der Waals surface area contributed by atoms with E-state index in [0.717, 1.165) is 21.8 Å². The average molecular weight is 293 g/mol. The summed E-state index contributed by atoms with van der Waals surface area (Å²) in [5.74, 6) is -0.270. The Labute approximate surface area is 124 Å². The number of halogens is 2. The van der Waals surface area contributed by atoms with Crippen molar-refractivity contribution < 1.29 is 4.39 Å². The molecule has 0 bridgehead atoms. The monoisotopic (exact) mass is 292 g/mol. The van der Waals surface area contributed by atoms with Crippen LogP contribution in [0, 0.1) is 5.82 Å². The third-order valence-corrected chi connectivity index (χ3v) is 3.92. The lowest BCUT2D eigenvalue weighted by atomic mass is 10.0. The van der Waals surface area contributed by atoms with Crippen LogP contribution in [0.15, 0.2) is 42.5 Å². The van der Waals surface area contributed by atoms with Crippen LogP contribution in [0.2, 0.25) is 5.02 Å². The molecule has 0 aromatic heterocycles. The lowest BCUT2D eigenvalue weighted by Gasteiger charge is -2.29. The number of hydrogen-bond donors (Lipinski definition) is 1. The van der Waals surface area contributed by atoms with E-state index >= 15 is 0 Å². The van der Waals surface area contributed by atoms with E-state index < -0.39 is 0 Å². The van der Waals surface area contributed by atoms with Gasteiger partial charge in [0.25, 0.3) is 0 Å². The van der Waals surface area contributed by atoms with Crippen LogP contribution in [0.4, 0.5) is 10.1 Å². The van der Waals surface area contributed by atoms with Crippen molar-refractivity contribution in [2.24, 2.45) is 5.73 Å². The summed E-state index contributed by atoms with van der Waals surface area (Å²) >= 11 is 6.24. The summed E-state index contributed by atoms with van der Waals surface area (Å²) in [5, 5.41) is 0.725. The number of benzene rings is 2. The highest BCUT2D eigenvalue weighted by atomic mass is 35.5. The van der Waals surface area contributed by atoms with Gasteiger partial charge >= 0.3 is 0 Å². The highest BCUT2D eigenvalue weighted by Gasteiger charge is 2.17. The molecule has 0 aliphatic rings. The highest BCUT2D eigenvalue weighted by Crippen LogP contribution is 2.31. The number of anilines is 1. The minimum atomic E-state index is -0.270. The Hall–Kier alpha value is -1.58. The van der Waals surface area contributed by atoms with Crippen LogP contribution in [0.5, 0.6) is 0 Å². The van der Waals surface area contributed by atoms with Crippen LogP contribution >= 0.6 is 11.6 Å². The summed E-state index contributed by atoms with van der Waals surface area (Å²) in [4.78, 5) is 2.06. The Morgan fingerprint density at radius 2 is 1.95 bits per heavy atom.